The third-order valence-electron chi connectivity index (χ3n) is 3.47. The van der Waals surface area contributed by atoms with Crippen LogP contribution in [0.3, 0.4) is 0 Å². The predicted molar refractivity (Wildman–Crippen MR) is 82.0 cm³/mol. The molecule has 3 heteroatoms. The topological polar surface area (TPSA) is 12.0 Å². The Bertz CT molecular complexity index is 598. The largest absolute Gasteiger partial charge is 0.309 e. The van der Waals surface area contributed by atoms with Gasteiger partial charge in [0.1, 0.15) is 11.6 Å². The molecule has 0 aromatic heterocycles. The molecule has 0 aliphatic rings. The zero-order valence-electron chi connectivity index (χ0n) is 12.7. The molecule has 0 aliphatic carbocycles. The summed E-state index contributed by atoms with van der Waals surface area (Å²) in [5.74, 6) is -0.797. The minimum absolute atomic E-state index is 0.136. The fourth-order valence-electron chi connectivity index (χ4n) is 2.14. The Morgan fingerprint density at radius 2 is 1.57 bits per heavy atom. The van der Waals surface area contributed by atoms with Crippen LogP contribution in [0.4, 0.5) is 8.78 Å². The summed E-state index contributed by atoms with van der Waals surface area (Å²) >= 11 is 0. The lowest BCUT2D eigenvalue weighted by Gasteiger charge is -2.19. The van der Waals surface area contributed by atoms with Crippen LogP contribution in [-0.2, 0) is 18.5 Å². The number of benzene rings is 2. The molecule has 21 heavy (non-hydrogen) atoms. The molecule has 0 atom stereocenters. The molecule has 0 amide bonds. The molecule has 1 nitrogen and oxygen atoms in total. The van der Waals surface area contributed by atoms with E-state index in [1.165, 1.54) is 11.6 Å². The van der Waals surface area contributed by atoms with Crippen molar-refractivity contribution in [3.8, 4) is 0 Å². The fraction of sp³-hybridized carbons (Fsp3) is 0.333. The van der Waals surface area contributed by atoms with Crippen LogP contribution in [0.1, 0.15) is 37.5 Å². The van der Waals surface area contributed by atoms with Gasteiger partial charge in [-0.15, -0.1) is 0 Å². The highest BCUT2D eigenvalue weighted by Crippen LogP contribution is 2.22. The summed E-state index contributed by atoms with van der Waals surface area (Å²) in [5.41, 5.74) is 2.89. The van der Waals surface area contributed by atoms with Crippen LogP contribution >= 0.6 is 0 Å². The molecule has 0 heterocycles. The van der Waals surface area contributed by atoms with Crippen molar-refractivity contribution < 1.29 is 8.78 Å². The van der Waals surface area contributed by atoms with Crippen molar-refractivity contribution in [1.29, 1.82) is 0 Å². The second-order valence-corrected chi connectivity index (χ2v) is 6.29. The maximum atomic E-state index is 13.5. The van der Waals surface area contributed by atoms with Gasteiger partial charge in [-0.1, -0.05) is 45.0 Å². The first kappa shape index (κ1) is 15.6. The van der Waals surface area contributed by atoms with Crippen LogP contribution in [0.5, 0.6) is 0 Å². The Morgan fingerprint density at radius 3 is 2.19 bits per heavy atom. The lowest BCUT2D eigenvalue weighted by molar-refractivity contribution is 0.568. The average molecular weight is 289 g/mol. The van der Waals surface area contributed by atoms with E-state index in [2.05, 4.69) is 50.4 Å². The van der Waals surface area contributed by atoms with E-state index in [1.807, 2.05) is 0 Å². The lowest BCUT2D eigenvalue weighted by Crippen LogP contribution is -2.15. The maximum absolute atomic E-state index is 13.5. The Kier molecular flexibility index (Phi) is 4.73. The first-order valence-electron chi connectivity index (χ1n) is 7.10. The molecule has 2 aromatic carbocycles. The van der Waals surface area contributed by atoms with Crippen LogP contribution in [0.25, 0.3) is 0 Å². The number of hydrogen-bond acceptors (Lipinski definition) is 1. The van der Waals surface area contributed by atoms with Gasteiger partial charge in [-0.3, -0.25) is 0 Å². The van der Waals surface area contributed by atoms with Crippen molar-refractivity contribution in [3.05, 3.63) is 70.8 Å². The van der Waals surface area contributed by atoms with Gasteiger partial charge in [0.05, 0.1) is 0 Å². The van der Waals surface area contributed by atoms with Crippen molar-refractivity contribution >= 4 is 0 Å². The first-order valence-corrected chi connectivity index (χ1v) is 7.10. The van der Waals surface area contributed by atoms with Crippen molar-refractivity contribution in [2.24, 2.45) is 0 Å². The van der Waals surface area contributed by atoms with Crippen molar-refractivity contribution in [2.45, 2.75) is 39.3 Å². The highest BCUT2D eigenvalue weighted by Gasteiger charge is 2.12. The minimum Gasteiger partial charge on any atom is -0.309 e. The van der Waals surface area contributed by atoms with Gasteiger partial charge < -0.3 is 5.32 Å². The Labute approximate surface area is 125 Å². The second kappa shape index (κ2) is 6.35. The van der Waals surface area contributed by atoms with Crippen LogP contribution in [0.15, 0.2) is 42.5 Å². The molecule has 0 fully saturated rings. The van der Waals surface area contributed by atoms with Gasteiger partial charge in [-0.25, -0.2) is 8.78 Å². The van der Waals surface area contributed by atoms with Gasteiger partial charge in [0, 0.05) is 18.7 Å². The SMILES string of the molecule is CC(C)(C)c1ccc(CNCc2cc(F)ccc2F)cc1. The maximum Gasteiger partial charge on any atom is 0.127 e. The third-order valence-corrected chi connectivity index (χ3v) is 3.47. The van der Waals surface area contributed by atoms with E-state index in [1.54, 1.807) is 0 Å². The Hall–Kier alpha value is -1.74. The van der Waals surface area contributed by atoms with Gasteiger partial charge in [-0.05, 0) is 34.7 Å². The summed E-state index contributed by atoms with van der Waals surface area (Å²) in [6.07, 6.45) is 0. The summed E-state index contributed by atoms with van der Waals surface area (Å²) < 4.78 is 26.5. The van der Waals surface area contributed by atoms with Gasteiger partial charge in [0.25, 0.3) is 0 Å². The first-order chi connectivity index (χ1) is 9.86. The molecule has 0 bridgehead atoms. The molecular formula is C18H21F2N. The fourth-order valence-corrected chi connectivity index (χ4v) is 2.14. The second-order valence-electron chi connectivity index (χ2n) is 6.29. The molecule has 0 aliphatic heterocycles. The van der Waals surface area contributed by atoms with Gasteiger partial charge >= 0.3 is 0 Å². The van der Waals surface area contributed by atoms with E-state index < -0.39 is 5.82 Å². The summed E-state index contributed by atoms with van der Waals surface area (Å²) in [4.78, 5) is 0. The van der Waals surface area contributed by atoms with E-state index in [0.717, 1.165) is 17.7 Å². The Balaban J connectivity index is 1.93. The highest BCUT2D eigenvalue weighted by atomic mass is 19.1. The van der Waals surface area contributed by atoms with Gasteiger partial charge in [0.15, 0.2) is 0 Å². The number of nitrogens with one attached hydrogen (secondary N) is 1. The summed E-state index contributed by atoms with van der Waals surface area (Å²) in [6, 6.07) is 11.9. The summed E-state index contributed by atoms with van der Waals surface area (Å²) in [6.45, 7) is 7.46. The average Bonchev–Trinajstić information content (AvgIpc) is 2.42. The van der Waals surface area contributed by atoms with Crippen LogP contribution in [0.2, 0.25) is 0 Å². The summed E-state index contributed by atoms with van der Waals surface area (Å²) in [7, 11) is 0. The van der Waals surface area contributed by atoms with Crippen molar-refractivity contribution in [1.82, 2.24) is 5.32 Å². The molecule has 0 saturated heterocycles. The molecule has 1 N–H and O–H groups in total. The van der Waals surface area contributed by atoms with Crippen LogP contribution in [-0.4, -0.2) is 0 Å². The standard InChI is InChI=1S/C18H21F2N/c1-18(2,3)15-6-4-13(5-7-15)11-21-12-14-10-16(19)8-9-17(14)20/h4-10,21H,11-12H2,1-3H3. The molecule has 0 spiro atoms. The van der Waals surface area contributed by atoms with E-state index in [9.17, 15) is 8.78 Å². The number of halogens is 2. The zero-order chi connectivity index (χ0) is 15.5. The number of hydrogen-bond donors (Lipinski definition) is 1. The normalized spacial score (nSPS) is 11.7. The van der Waals surface area contributed by atoms with E-state index in [4.69, 9.17) is 0 Å². The molecule has 2 aromatic rings. The monoisotopic (exact) mass is 289 g/mol. The van der Waals surface area contributed by atoms with Crippen LogP contribution in [0, 0.1) is 11.6 Å². The number of rotatable bonds is 4. The van der Waals surface area contributed by atoms with Gasteiger partial charge in [-0.2, -0.15) is 0 Å². The van der Waals surface area contributed by atoms with E-state index in [-0.39, 0.29) is 11.2 Å². The smallest absolute Gasteiger partial charge is 0.127 e. The van der Waals surface area contributed by atoms with Crippen LogP contribution < -0.4 is 5.32 Å². The van der Waals surface area contributed by atoms with E-state index in [0.29, 0.717) is 18.7 Å². The molecule has 0 radical (unpaired) electrons. The molecule has 112 valence electrons. The lowest BCUT2D eigenvalue weighted by atomic mass is 9.87. The quantitative estimate of drug-likeness (QED) is 0.870. The van der Waals surface area contributed by atoms with E-state index >= 15 is 0 Å². The molecule has 2 rings (SSSR count). The van der Waals surface area contributed by atoms with Crippen molar-refractivity contribution in [3.63, 3.8) is 0 Å². The summed E-state index contributed by atoms with van der Waals surface area (Å²) in [5, 5.41) is 3.14. The zero-order valence-corrected chi connectivity index (χ0v) is 12.7. The third kappa shape index (κ3) is 4.36. The Morgan fingerprint density at radius 1 is 0.905 bits per heavy atom. The molecular weight excluding hydrogens is 268 g/mol. The minimum atomic E-state index is -0.414. The molecule has 0 unspecified atom stereocenters. The molecule has 0 saturated carbocycles. The predicted octanol–water partition coefficient (Wildman–Crippen LogP) is 4.55. The highest BCUT2D eigenvalue weighted by molar-refractivity contribution is 5.27. The van der Waals surface area contributed by atoms with Gasteiger partial charge in [0.2, 0.25) is 0 Å². The van der Waals surface area contributed by atoms with Crippen molar-refractivity contribution in [2.75, 3.05) is 0 Å².